The first-order chi connectivity index (χ1) is 13.8. The van der Waals surface area contributed by atoms with E-state index in [1.807, 2.05) is 23.6 Å². The number of rotatable bonds is 5. The fourth-order valence-electron chi connectivity index (χ4n) is 3.20. The van der Waals surface area contributed by atoms with Crippen LogP contribution in [0.4, 0.5) is 5.69 Å². The summed E-state index contributed by atoms with van der Waals surface area (Å²) in [5, 5.41) is 3.21. The van der Waals surface area contributed by atoms with Gasteiger partial charge in [-0.15, -0.1) is 11.3 Å². The van der Waals surface area contributed by atoms with E-state index in [1.165, 1.54) is 21.9 Å². The number of sulfonamides is 1. The third-order valence-electron chi connectivity index (χ3n) is 4.58. The first-order valence-corrected chi connectivity index (χ1v) is 11.9. The van der Waals surface area contributed by atoms with Gasteiger partial charge < -0.3 is 4.74 Å². The Bertz CT molecular complexity index is 1190. The van der Waals surface area contributed by atoms with E-state index in [9.17, 15) is 13.2 Å². The Kier molecular flexibility index (Phi) is 5.33. The van der Waals surface area contributed by atoms with Gasteiger partial charge in [-0.3, -0.25) is 4.31 Å². The molecule has 0 fully saturated rings. The molecule has 9 heteroatoms. The van der Waals surface area contributed by atoms with Crippen molar-refractivity contribution in [2.24, 2.45) is 0 Å². The number of aromatic nitrogens is 1. The van der Waals surface area contributed by atoms with Crippen molar-refractivity contribution in [1.82, 2.24) is 4.98 Å². The maximum atomic E-state index is 12.4. The number of hydrogen-bond acceptors (Lipinski definition) is 6. The van der Waals surface area contributed by atoms with Crippen LogP contribution in [0.25, 0.3) is 10.6 Å². The zero-order valence-electron chi connectivity index (χ0n) is 15.5. The van der Waals surface area contributed by atoms with Gasteiger partial charge in [0.25, 0.3) is 0 Å². The second-order valence-corrected chi connectivity index (χ2v) is 9.80. The SMILES string of the molecule is CS(=O)(=O)N1CCc2cc(C(=O)OCc3csc(-c4ccccc4Cl)n3)ccc21. The smallest absolute Gasteiger partial charge is 0.338 e. The maximum Gasteiger partial charge on any atom is 0.338 e. The summed E-state index contributed by atoms with van der Waals surface area (Å²) in [6.07, 6.45) is 1.74. The lowest BCUT2D eigenvalue weighted by atomic mass is 10.1. The quantitative estimate of drug-likeness (QED) is 0.548. The second-order valence-electron chi connectivity index (χ2n) is 6.63. The van der Waals surface area contributed by atoms with Crippen LogP contribution in [-0.4, -0.2) is 32.2 Å². The molecule has 0 amide bonds. The summed E-state index contributed by atoms with van der Waals surface area (Å²) in [4.78, 5) is 16.9. The van der Waals surface area contributed by atoms with Gasteiger partial charge in [0.2, 0.25) is 10.0 Å². The molecule has 6 nitrogen and oxygen atoms in total. The number of carbonyl (C=O) groups excluding carboxylic acids is 1. The van der Waals surface area contributed by atoms with Crippen LogP contribution < -0.4 is 4.31 Å². The summed E-state index contributed by atoms with van der Waals surface area (Å²) in [5.74, 6) is -0.474. The molecule has 2 aromatic carbocycles. The van der Waals surface area contributed by atoms with Crippen LogP contribution in [0.3, 0.4) is 0 Å². The second kappa shape index (κ2) is 7.78. The lowest BCUT2D eigenvalue weighted by molar-refractivity contribution is 0.0468. The van der Waals surface area contributed by atoms with Gasteiger partial charge in [0.05, 0.1) is 28.2 Å². The maximum absolute atomic E-state index is 12.4. The van der Waals surface area contributed by atoms with E-state index in [0.29, 0.717) is 34.9 Å². The highest BCUT2D eigenvalue weighted by molar-refractivity contribution is 7.92. The van der Waals surface area contributed by atoms with Crippen molar-refractivity contribution in [3.05, 3.63) is 69.7 Å². The Hall–Kier alpha value is -2.42. The van der Waals surface area contributed by atoms with Crippen molar-refractivity contribution in [3.8, 4) is 10.6 Å². The number of esters is 1. The fourth-order valence-corrected chi connectivity index (χ4v) is 5.28. The highest BCUT2D eigenvalue weighted by Crippen LogP contribution is 2.32. The van der Waals surface area contributed by atoms with Crippen molar-refractivity contribution in [2.45, 2.75) is 13.0 Å². The molecule has 0 N–H and O–H groups in total. The molecule has 1 aliphatic heterocycles. The molecule has 0 saturated heterocycles. The third-order valence-corrected chi connectivity index (χ3v) is 7.01. The number of halogens is 1. The number of anilines is 1. The molecule has 0 unspecified atom stereocenters. The van der Waals surface area contributed by atoms with E-state index in [2.05, 4.69) is 4.98 Å². The predicted molar refractivity (Wildman–Crippen MR) is 114 cm³/mol. The van der Waals surface area contributed by atoms with Crippen LogP contribution in [0.1, 0.15) is 21.6 Å². The summed E-state index contributed by atoms with van der Waals surface area (Å²) in [6.45, 7) is 0.433. The number of carbonyl (C=O) groups is 1. The van der Waals surface area contributed by atoms with Crippen molar-refractivity contribution in [1.29, 1.82) is 0 Å². The molecule has 0 spiro atoms. The minimum atomic E-state index is -3.32. The van der Waals surface area contributed by atoms with Crippen LogP contribution in [0.5, 0.6) is 0 Å². The number of hydrogen-bond donors (Lipinski definition) is 0. The van der Waals surface area contributed by atoms with Crippen molar-refractivity contribution >= 4 is 44.6 Å². The van der Waals surface area contributed by atoms with Crippen molar-refractivity contribution in [3.63, 3.8) is 0 Å². The number of thiazole rings is 1. The number of nitrogens with zero attached hydrogens (tertiary/aromatic N) is 2. The molecule has 0 radical (unpaired) electrons. The Morgan fingerprint density at radius 1 is 1.28 bits per heavy atom. The lowest BCUT2D eigenvalue weighted by Gasteiger charge is -2.16. The molecular weight excluding hydrogens is 432 g/mol. The van der Waals surface area contributed by atoms with E-state index in [1.54, 1.807) is 24.3 Å². The highest BCUT2D eigenvalue weighted by Gasteiger charge is 2.27. The van der Waals surface area contributed by atoms with Crippen LogP contribution >= 0.6 is 22.9 Å². The molecule has 0 aliphatic carbocycles. The Morgan fingerprint density at radius 2 is 2.07 bits per heavy atom. The number of ether oxygens (including phenoxy) is 1. The van der Waals surface area contributed by atoms with Crippen LogP contribution in [0.15, 0.2) is 47.8 Å². The zero-order valence-corrected chi connectivity index (χ0v) is 17.9. The molecule has 4 rings (SSSR count). The molecule has 150 valence electrons. The van der Waals surface area contributed by atoms with Gasteiger partial charge in [0, 0.05) is 17.5 Å². The molecule has 0 saturated carbocycles. The van der Waals surface area contributed by atoms with Crippen LogP contribution in [-0.2, 0) is 27.8 Å². The fraction of sp³-hybridized carbons (Fsp3) is 0.200. The van der Waals surface area contributed by atoms with E-state index in [4.69, 9.17) is 16.3 Å². The van der Waals surface area contributed by atoms with E-state index < -0.39 is 16.0 Å². The van der Waals surface area contributed by atoms with Gasteiger partial charge in [-0.05, 0) is 36.2 Å². The molecule has 1 aromatic heterocycles. The Morgan fingerprint density at radius 3 is 2.83 bits per heavy atom. The number of fused-ring (bicyclic) bond motifs is 1. The minimum Gasteiger partial charge on any atom is -0.456 e. The first kappa shape index (κ1) is 19.9. The largest absolute Gasteiger partial charge is 0.456 e. The van der Waals surface area contributed by atoms with Gasteiger partial charge in [0.1, 0.15) is 11.6 Å². The van der Waals surface area contributed by atoms with E-state index in [0.717, 1.165) is 16.1 Å². The topological polar surface area (TPSA) is 76.6 Å². The summed E-state index contributed by atoms with van der Waals surface area (Å²) >= 11 is 7.63. The molecule has 3 aromatic rings. The molecular formula is C20H17ClN2O4S2. The minimum absolute atomic E-state index is 0.0480. The summed E-state index contributed by atoms with van der Waals surface area (Å²) in [5.41, 5.74) is 3.31. The van der Waals surface area contributed by atoms with Gasteiger partial charge >= 0.3 is 5.97 Å². The number of benzene rings is 2. The van der Waals surface area contributed by atoms with Gasteiger partial charge in [-0.2, -0.15) is 0 Å². The molecule has 0 bridgehead atoms. The Labute approximate surface area is 177 Å². The average Bonchev–Trinajstić information content (AvgIpc) is 3.32. The van der Waals surface area contributed by atoms with Gasteiger partial charge in [-0.25, -0.2) is 18.2 Å². The summed E-state index contributed by atoms with van der Waals surface area (Å²) in [6, 6.07) is 12.4. The molecule has 2 heterocycles. The standard InChI is InChI=1S/C20H17ClN2O4S2/c1-29(25,26)23-9-8-13-10-14(6-7-18(13)23)20(24)27-11-15-12-28-19(22-15)16-4-2-3-5-17(16)21/h2-7,10,12H,8-9,11H2,1H3. The van der Waals surface area contributed by atoms with Gasteiger partial charge in [0.15, 0.2) is 0 Å². The lowest BCUT2D eigenvalue weighted by Crippen LogP contribution is -2.27. The third kappa shape index (κ3) is 4.14. The summed E-state index contributed by atoms with van der Waals surface area (Å²) < 4.78 is 30.4. The highest BCUT2D eigenvalue weighted by atomic mass is 35.5. The first-order valence-electron chi connectivity index (χ1n) is 8.80. The predicted octanol–water partition coefficient (Wildman–Crippen LogP) is 4.14. The van der Waals surface area contributed by atoms with E-state index >= 15 is 0 Å². The molecule has 29 heavy (non-hydrogen) atoms. The summed E-state index contributed by atoms with van der Waals surface area (Å²) in [7, 11) is -3.32. The Balaban J connectivity index is 1.44. The van der Waals surface area contributed by atoms with Crippen molar-refractivity contribution in [2.75, 3.05) is 17.1 Å². The molecule has 0 atom stereocenters. The zero-order chi connectivity index (χ0) is 20.6. The van der Waals surface area contributed by atoms with Gasteiger partial charge in [-0.1, -0.05) is 29.8 Å². The molecule has 1 aliphatic rings. The van der Waals surface area contributed by atoms with E-state index in [-0.39, 0.29) is 6.61 Å². The van der Waals surface area contributed by atoms with Crippen LogP contribution in [0, 0.1) is 0 Å². The average molecular weight is 449 g/mol. The normalized spacial score (nSPS) is 13.4. The van der Waals surface area contributed by atoms with Crippen molar-refractivity contribution < 1.29 is 17.9 Å². The monoisotopic (exact) mass is 448 g/mol. The van der Waals surface area contributed by atoms with Crippen LogP contribution in [0.2, 0.25) is 5.02 Å².